The van der Waals surface area contributed by atoms with Crippen molar-refractivity contribution in [2.24, 2.45) is 4.99 Å². The number of ether oxygens (including phenoxy) is 1. The molecule has 1 aromatic rings. The van der Waals surface area contributed by atoms with E-state index in [0.717, 1.165) is 45.2 Å². The van der Waals surface area contributed by atoms with Gasteiger partial charge in [0.2, 0.25) is 0 Å². The molecule has 0 saturated heterocycles. The maximum Gasteiger partial charge on any atom is 0.191 e. The number of aliphatic imine (C=N–C) groups is 1. The molecule has 0 heterocycles. The van der Waals surface area contributed by atoms with Gasteiger partial charge < -0.3 is 20.3 Å². The van der Waals surface area contributed by atoms with Crippen LogP contribution in [0.25, 0.3) is 0 Å². The molecule has 0 aromatic heterocycles. The van der Waals surface area contributed by atoms with Crippen LogP contribution in [0.2, 0.25) is 0 Å². The summed E-state index contributed by atoms with van der Waals surface area (Å²) in [4.78, 5) is 6.92. The van der Waals surface area contributed by atoms with E-state index in [1.54, 1.807) is 7.11 Å². The van der Waals surface area contributed by atoms with Gasteiger partial charge in [-0.2, -0.15) is 0 Å². The Balaban J connectivity index is 2.33. The number of aryl methyl sites for hydroxylation is 1. The van der Waals surface area contributed by atoms with Crippen LogP contribution in [0, 0.1) is 6.92 Å². The molecule has 5 heteroatoms. The first-order valence-corrected chi connectivity index (χ1v) is 8.41. The van der Waals surface area contributed by atoms with Crippen molar-refractivity contribution in [3.05, 3.63) is 35.4 Å². The summed E-state index contributed by atoms with van der Waals surface area (Å²) in [6.45, 7) is 9.47. The summed E-state index contributed by atoms with van der Waals surface area (Å²) in [6.07, 6.45) is 1.08. The minimum absolute atomic E-state index is 0.698. The summed E-state index contributed by atoms with van der Waals surface area (Å²) in [5, 5.41) is 6.69. The molecular weight excluding hydrogens is 288 g/mol. The number of methoxy groups -OCH3 is 1. The second-order valence-corrected chi connectivity index (χ2v) is 5.76. The van der Waals surface area contributed by atoms with Crippen molar-refractivity contribution in [2.45, 2.75) is 26.8 Å². The highest BCUT2D eigenvalue weighted by Crippen LogP contribution is 2.04. The van der Waals surface area contributed by atoms with Crippen molar-refractivity contribution in [1.29, 1.82) is 0 Å². The van der Waals surface area contributed by atoms with Crippen LogP contribution in [-0.4, -0.2) is 57.8 Å². The fraction of sp³-hybridized carbons (Fsp3) is 0.611. The van der Waals surface area contributed by atoms with Gasteiger partial charge in [0, 0.05) is 26.7 Å². The first kappa shape index (κ1) is 19.5. The van der Waals surface area contributed by atoms with E-state index in [-0.39, 0.29) is 0 Å². The summed E-state index contributed by atoms with van der Waals surface area (Å²) in [5.74, 6) is 0.882. The Kier molecular flexibility index (Phi) is 10.1. The third kappa shape index (κ3) is 9.21. The minimum Gasteiger partial charge on any atom is -0.383 e. The van der Waals surface area contributed by atoms with Crippen molar-refractivity contribution < 1.29 is 4.74 Å². The molecule has 0 bridgehead atoms. The van der Waals surface area contributed by atoms with Gasteiger partial charge in [-0.3, -0.25) is 0 Å². The summed E-state index contributed by atoms with van der Waals surface area (Å²) in [6, 6.07) is 8.52. The van der Waals surface area contributed by atoms with E-state index in [9.17, 15) is 0 Å². The fourth-order valence-electron chi connectivity index (χ4n) is 2.12. The number of rotatable bonds is 10. The minimum atomic E-state index is 0.698. The van der Waals surface area contributed by atoms with E-state index in [2.05, 4.69) is 65.7 Å². The molecule has 0 atom stereocenters. The highest BCUT2D eigenvalue weighted by molar-refractivity contribution is 5.79. The Morgan fingerprint density at radius 3 is 2.57 bits per heavy atom. The van der Waals surface area contributed by atoms with E-state index < -0.39 is 0 Å². The first-order valence-electron chi connectivity index (χ1n) is 8.41. The lowest BCUT2D eigenvalue weighted by Crippen LogP contribution is -2.38. The zero-order chi connectivity index (χ0) is 16.9. The number of benzene rings is 1. The zero-order valence-corrected chi connectivity index (χ0v) is 15.1. The summed E-state index contributed by atoms with van der Waals surface area (Å²) in [7, 11) is 3.86. The van der Waals surface area contributed by atoms with Gasteiger partial charge in [-0.05, 0) is 39.4 Å². The van der Waals surface area contributed by atoms with Crippen molar-refractivity contribution in [3.8, 4) is 0 Å². The fourth-order valence-corrected chi connectivity index (χ4v) is 2.12. The lowest BCUT2D eigenvalue weighted by molar-refractivity contribution is 0.161. The van der Waals surface area contributed by atoms with Crippen LogP contribution in [0.15, 0.2) is 29.3 Å². The van der Waals surface area contributed by atoms with Gasteiger partial charge in [0.05, 0.1) is 13.2 Å². The predicted molar refractivity (Wildman–Crippen MR) is 98.0 cm³/mol. The van der Waals surface area contributed by atoms with Gasteiger partial charge in [-0.15, -0.1) is 0 Å². The molecule has 0 fully saturated rings. The number of likely N-dealkylation sites (N-methyl/N-ethyl adjacent to an activating group) is 1. The van der Waals surface area contributed by atoms with E-state index in [1.165, 1.54) is 11.1 Å². The smallest absolute Gasteiger partial charge is 0.191 e. The van der Waals surface area contributed by atoms with E-state index in [4.69, 9.17) is 4.74 Å². The second kappa shape index (κ2) is 11.9. The van der Waals surface area contributed by atoms with E-state index in [1.807, 2.05) is 0 Å². The Labute approximate surface area is 141 Å². The van der Waals surface area contributed by atoms with Crippen molar-refractivity contribution >= 4 is 5.96 Å². The molecule has 0 aliphatic heterocycles. The van der Waals surface area contributed by atoms with Crippen LogP contribution in [0.3, 0.4) is 0 Å². The molecular formula is C18H32N4O. The Morgan fingerprint density at radius 1 is 1.17 bits per heavy atom. The Hall–Kier alpha value is -1.59. The number of guanidine groups is 1. The molecule has 1 rings (SSSR count). The highest BCUT2D eigenvalue weighted by atomic mass is 16.5. The summed E-state index contributed by atoms with van der Waals surface area (Å²) < 4.78 is 5.08. The summed E-state index contributed by atoms with van der Waals surface area (Å²) >= 11 is 0. The molecule has 0 radical (unpaired) electrons. The standard InChI is InChI=1S/C18H32N4O/c1-5-19-18(20-11-6-12-22(3)13-14-23-4)21-15-17-9-7-16(2)8-10-17/h7-10H,5-6,11-15H2,1-4H3,(H2,19,20,21). The van der Waals surface area contributed by atoms with Crippen LogP contribution in [-0.2, 0) is 11.3 Å². The molecule has 0 aliphatic carbocycles. The monoisotopic (exact) mass is 320 g/mol. The first-order chi connectivity index (χ1) is 11.2. The number of hydrogen-bond acceptors (Lipinski definition) is 3. The Bertz CT molecular complexity index is 445. The topological polar surface area (TPSA) is 48.9 Å². The molecule has 1 aromatic carbocycles. The van der Waals surface area contributed by atoms with Crippen LogP contribution >= 0.6 is 0 Å². The van der Waals surface area contributed by atoms with E-state index >= 15 is 0 Å². The molecule has 130 valence electrons. The SMILES string of the molecule is CCNC(=NCc1ccc(C)cc1)NCCCN(C)CCOC. The van der Waals surface area contributed by atoms with Crippen LogP contribution < -0.4 is 10.6 Å². The van der Waals surface area contributed by atoms with Gasteiger partial charge in [0.25, 0.3) is 0 Å². The lowest BCUT2D eigenvalue weighted by Gasteiger charge is -2.17. The number of nitrogens with one attached hydrogen (secondary N) is 2. The quantitative estimate of drug-likeness (QED) is 0.393. The average Bonchev–Trinajstić information content (AvgIpc) is 2.56. The van der Waals surface area contributed by atoms with Crippen molar-refractivity contribution in [1.82, 2.24) is 15.5 Å². The molecule has 0 amide bonds. The van der Waals surface area contributed by atoms with Crippen LogP contribution in [0.5, 0.6) is 0 Å². The number of hydrogen-bond donors (Lipinski definition) is 2. The maximum atomic E-state index is 5.08. The second-order valence-electron chi connectivity index (χ2n) is 5.76. The molecule has 2 N–H and O–H groups in total. The van der Waals surface area contributed by atoms with Gasteiger partial charge >= 0.3 is 0 Å². The van der Waals surface area contributed by atoms with Crippen LogP contribution in [0.4, 0.5) is 0 Å². The molecule has 0 saturated carbocycles. The number of nitrogens with zero attached hydrogens (tertiary/aromatic N) is 2. The molecule has 0 aliphatic rings. The summed E-state index contributed by atoms with van der Waals surface area (Å²) in [5.41, 5.74) is 2.51. The van der Waals surface area contributed by atoms with E-state index in [0.29, 0.717) is 6.54 Å². The zero-order valence-electron chi connectivity index (χ0n) is 15.1. The van der Waals surface area contributed by atoms with Gasteiger partial charge in [0.15, 0.2) is 5.96 Å². The van der Waals surface area contributed by atoms with Crippen molar-refractivity contribution in [2.75, 3.05) is 46.9 Å². The molecule has 0 unspecified atom stereocenters. The molecule has 23 heavy (non-hydrogen) atoms. The maximum absolute atomic E-state index is 5.08. The Morgan fingerprint density at radius 2 is 1.91 bits per heavy atom. The third-order valence-electron chi connectivity index (χ3n) is 3.57. The van der Waals surface area contributed by atoms with Crippen molar-refractivity contribution in [3.63, 3.8) is 0 Å². The third-order valence-corrected chi connectivity index (χ3v) is 3.57. The predicted octanol–water partition coefficient (Wildman–Crippen LogP) is 2.02. The van der Waals surface area contributed by atoms with Gasteiger partial charge in [0.1, 0.15) is 0 Å². The normalized spacial score (nSPS) is 11.8. The lowest BCUT2D eigenvalue weighted by atomic mass is 10.1. The van der Waals surface area contributed by atoms with Crippen LogP contribution in [0.1, 0.15) is 24.5 Å². The average molecular weight is 320 g/mol. The molecule has 0 spiro atoms. The molecule has 5 nitrogen and oxygen atoms in total. The van der Waals surface area contributed by atoms with Gasteiger partial charge in [-0.1, -0.05) is 29.8 Å². The van der Waals surface area contributed by atoms with Gasteiger partial charge in [-0.25, -0.2) is 4.99 Å². The largest absolute Gasteiger partial charge is 0.383 e. The highest BCUT2D eigenvalue weighted by Gasteiger charge is 2.00.